The van der Waals surface area contributed by atoms with Crippen LogP contribution >= 0.6 is 0 Å². The van der Waals surface area contributed by atoms with Gasteiger partial charge in [-0.1, -0.05) is 6.07 Å². The van der Waals surface area contributed by atoms with Gasteiger partial charge in [0.25, 0.3) is 0 Å². The summed E-state index contributed by atoms with van der Waals surface area (Å²) in [7, 11) is -3.37. The normalized spacial score (nSPS) is 19.8. The highest BCUT2D eigenvalue weighted by atomic mass is 32.2. The van der Waals surface area contributed by atoms with Crippen LogP contribution in [0.1, 0.15) is 30.4 Å². The first kappa shape index (κ1) is 14.5. The van der Waals surface area contributed by atoms with Crippen molar-refractivity contribution in [3.05, 3.63) is 29.3 Å². The Kier molecular flexibility index (Phi) is 4.60. The molecule has 1 heterocycles. The van der Waals surface area contributed by atoms with Crippen LogP contribution in [0.2, 0.25) is 0 Å². The van der Waals surface area contributed by atoms with E-state index in [1.807, 2.05) is 19.9 Å². The number of hydrogen-bond donors (Lipinski definition) is 2. The highest BCUT2D eigenvalue weighted by Crippen LogP contribution is 2.15. The van der Waals surface area contributed by atoms with Gasteiger partial charge in [-0.25, -0.2) is 13.1 Å². The van der Waals surface area contributed by atoms with Gasteiger partial charge in [0.05, 0.1) is 4.90 Å². The van der Waals surface area contributed by atoms with Crippen molar-refractivity contribution >= 4 is 10.0 Å². The zero-order chi connectivity index (χ0) is 13.9. The Bertz CT molecular complexity index is 534. The standard InChI is InChI=1S/C14H22N2O2S/c1-11-5-6-14(10-12(11)2)19(17,18)16-9-7-13-4-3-8-15-13/h5-6,10,13,15-16H,3-4,7-9H2,1-2H3. The average Bonchev–Trinajstić information content (AvgIpc) is 2.85. The van der Waals surface area contributed by atoms with Gasteiger partial charge in [-0.15, -0.1) is 0 Å². The van der Waals surface area contributed by atoms with Gasteiger partial charge in [0.2, 0.25) is 10.0 Å². The number of hydrogen-bond acceptors (Lipinski definition) is 3. The maximum atomic E-state index is 12.1. The summed E-state index contributed by atoms with van der Waals surface area (Å²) < 4.78 is 27.0. The lowest BCUT2D eigenvalue weighted by Gasteiger charge is -2.12. The van der Waals surface area contributed by atoms with Crippen molar-refractivity contribution < 1.29 is 8.42 Å². The molecule has 19 heavy (non-hydrogen) atoms. The smallest absolute Gasteiger partial charge is 0.240 e. The minimum Gasteiger partial charge on any atom is -0.314 e. The zero-order valence-corrected chi connectivity index (χ0v) is 12.4. The molecule has 0 amide bonds. The molecular weight excluding hydrogens is 260 g/mol. The lowest BCUT2D eigenvalue weighted by atomic mass is 10.1. The summed E-state index contributed by atoms with van der Waals surface area (Å²) in [5, 5.41) is 3.36. The molecule has 0 radical (unpaired) electrons. The highest BCUT2D eigenvalue weighted by Gasteiger charge is 2.17. The molecule has 0 aromatic heterocycles. The van der Waals surface area contributed by atoms with Crippen molar-refractivity contribution in [2.45, 2.75) is 44.0 Å². The predicted octanol–water partition coefficient (Wildman–Crippen LogP) is 1.72. The van der Waals surface area contributed by atoms with Crippen LogP contribution in [-0.2, 0) is 10.0 Å². The average molecular weight is 282 g/mol. The van der Waals surface area contributed by atoms with Crippen LogP contribution in [0, 0.1) is 13.8 Å². The van der Waals surface area contributed by atoms with Gasteiger partial charge in [-0.2, -0.15) is 0 Å². The third-order valence-electron chi connectivity index (χ3n) is 3.74. The van der Waals surface area contributed by atoms with E-state index in [1.54, 1.807) is 12.1 Å². The van der Waals surface area contributed by atoms with E-state index in [0.29, 0.717) is 17.5 Å². The van der Waals surface area contributed by atoms with Crippen LogP contribution in [0.15, 0.2) is 23.1 Å². The Morgan fingerprint density at radius 2 is 2.11 bits per heavy atom. The largest absolute Gasteiger partial charge is 0.314 e. The third-order valence-corrected chi connectivity index (χ3v) is 5.19. The van der Waals surface area contributed by atoms with Crippen LogP contribution in [0.3, 0.4) is 0 Å². The first-order valence-electron chi connectivity index (χ1n) is 6.79. The van der Waals surface area contributed by atoms with Crippen molar-refractivity contribution in [3.8, 4) is 0 Å². The molecule has 5 heteroatoms. The quantitative estimate of drug-likeness (QED) is 0.864. The molecular formula is C14H22N2O2S. The molecule has 106 valence electrons. The maximum Gasteiger partial charge on any atom is 0.240 e. The fraction of sp³-hybridized carbons (Fsp3) is 0.571. The molecule has 2 rings (SSSR count). The Morgan fingerprint density at radius 3 is 2.74 bits per heavy atom. The van der Waals surface area contributed by atoms with Crippen LogP contribution < -0.4 is 10.0 Å². The summed E-state index contributed by atoms with van der Waals surface area (Å²) in [6.07, 6.45) is 3.18. The number of sulfonamides is 1. The fourth-order valence-electron chi connectivity index (χ4n) is 2.34. The van der Waals surface area contributed by atoms with Crippen molar-refractivity contribution in [3.63, 3.8) is 0 Å². The molecule has 0 saturated carbocycles. The van der Waals surface area contributed by atoms with Crippen molar-refractivity contribution in [1.29, 1.82) is 0 Å². The third kappa shape index (κ3) is 3.78. The van der Waals surface area contributed by atoms with Crippen LogP contribution in [0.25, 0.3) is 0 Å². The second kappa shape index (κ2) is 6.03. The molecule has 0 aliphatic carbocycles. The molecule has 2 N–H and O–H groups in total. The Morgan fingerprint density at radius 1 is 1.32 bits per heavy atom. The molecule has 4 nitrogen and oxygen atoms in total. The van der Waals surface area contributed by atoms with Gasteiger partial charge in [0, 0.05) is 12.6 Å². The summed E-state index contributed by atoms with van der Waals surface area (Å²) in [5.41, 5.74) is 2.11. The molecule has 1 fully saturated rings. The fourth-order valence-corrected chi connectivity index (χ4v) is 3.47. The Labute approximate surface area is 115 Å². The SMILES string of the molecule is Cc1ccc(S(=O)(=O)NCCC2CCCN2)cc1C. The first-order valence-corrected chi connectivity index (χ1v) is 8.28. The molecule has 1 atom stereocenters. The Balaban J connectivity index is 1.95. The lowest BCUT2D eigenvalue weighted by Crippen LogP contribution is -2.30. The van der Waals surface area contributed by atoms with Gasteiger partial charge in [-0.3, -0.25) is 0 Å². The van der Waals surface area contributed by atoms with E-state index in [0.717, 1.165) is 30.5 Å². The summed E-state index contributed by atoms with van der Waals surface area (Å²) in [5.74, 6) is 0. The zero-order valence-electron chi connectivity index (χ0n) is 11.6. The van der Waals surface area contributed by atoms with Crippen LogP contribution in [-0.4, -0.2) is 27.5 Å². The second-order valence-corrected chi connectivity index (χ2v) is 6.99. The predicted molar refractivity (Wildman–Crippen MR) is 76.7 cm³/mol. The molecule has 1 aliphatic rings. The van der Waals surface area contributed by atoms with E-state index in [1.165, 1.54) is 6.42 Å². The number of benzene rings is 1. The van der Waals surface area contributed by atoms with E-state index in [-0.39, 0.29) is 0 Å². The van der Waals surface area contributed by atoms with E-state index in [9.17, 15) is 8.42 Å². The monoisotopic (exact) mass is 282 g/mol. The van der Waals surface area contributed by atoms with Gasteiger partial charge in [0.1, 0.15) is 0 Å². The lowest BCUT2D eigenvalue weighted by molar-refractivity contribution is 0.539. The van der Waals surface area contributed by atoms with Crippen LogP contribution in [0.5, 0.6) is 0 Å². The van der Waals surface area contributed by atoms with Gasteiger partial charge in [0.15, 0.2) is 0 Å². The first-order chi connectivity index (χ1) is 8.99. The number of aryl methyl sites for hydroxylation is 2. The van der Waals surface area contributed by atoms with E-state index in [2.05, 4.69) is 10.0 Å². The molecule has 1 aromatic carbocycles. The van der Waals surface area contributed by atoms with E-state index < -0.39 is 10.0 Å². The van der Waals surface area contributed by atoms with Gasteiger partial charge >= 0.3 is 0 Å². The molecule has 1 aromatic rings. The van der Waals surface area contributed by atoms with Gasteiger partial charge < -0.3 is 5.32 Å². The van der Waals surface area contributed by atoms with Crippen molar-refractivity contribution in [2.75, 3.05) is 13.1 Å². The topological polar surface area (TPSA) is 58.2 Å². The molecule has 1 saturated heterocycles. The molecule has 1 unspecified atom stereocenters. The molecule has 0 spiro atoms. The summed E-state index contributed by atoms with van der Waals surface area (Å²) in [6, 6.07) is 5.70. The highest BCUT2D eigenvalue weighted by molar-refractivity contribution is 7.89. The van der Waals surface area contributed by atoms with E-state index in [4.69, 9.17) is 0 Å². The van der Waals surface area contributed by atoms with E-state index >= 15 is 0 Å². The molecule has 0 bridgehead atoms. The molecule has 1 aliphatic heterocycles. The van der Waals surface area contributed by atoms with Crippen LogP contribution in [0.4, 0.5) is 0 Å². The van der Waals surface area contributed by atoms with Crippen molar-refractivity contribution in [1.82, 2.24) is 10.0 Å². The minimum atomic E-state index is -3.37. The maximum absolute atomic E-state index is 12.1. The Hall–Kier alpha value is -0.910. The number of rotatable bonds is 5. The summed E-state index contributed by atoms with van der Waals surface area (Å²) in [4.78, 5) is 0.356. The summed E-state index contributed by atoms with van der Waals surface area (Å²) in [6.45, 7) is 5.45. The number of nitrogens with one attached hydrogen (secondary N) is 2. The van der Waals surface area contributed by atoms with Gasteiger partial charge in [-0.05, 0) is 62.9 Å². The van der Waals surface area contributed by atoms with Crippen molar-refractivity contribution in [2.24, 2.45) is 0 Å². The minimum absolute atomic E-state index is 0.356. The summed E-state index contributed by atoms with van der Waals surface area (Å²) >= 11 is 0. The second-order valence-electron chi connectivity index (χ2n) is 5.23.